The number of carbonyl (C=O) groups excluding carboxylic acids is 1. The number of nitrogens with zero attached hydrogens (tertiary/aromatic N) is 3. The summed E-state index contributed by atoms with van der Waals surface area (Å²) in [5.74, 6) is -0.00794. The van der Waals surface area contributed by atoms with Crippen LogP contribution < -0.4 is 4.90 Å². The minimum absolute atomic E-state index is 0.00794. The van der Waals surface area contributed by atoms with Gasteiger partial charge in [0.15, 0.2) is 5.17 Å². The zero-order chi connectivity index (χ0) is 20.5. The van der Waals surface area contributed by atoms with Crippen molar-refractivity contribution in [2.75, 3.05) is 18.5 Å². The van der Waals surface area contributed by atoms with Crippen molar-refractivity contribution >= 4 is 57.6 Å². The predicted octanol–water partition coefficient (Wildman–Crippen LogP) is 6.20. The predicted molar refractivity (Wildman–Crippen MR) is 125 cm³/mol. The van der Waals surface area contributed by atoms with Crippen LogP contribution in [-0.4, -0.2) is 29.6 Å². The highest BCUT2D eigenvalue weighted by atomic mass is 35.5. The van der Waals surface area contributed by atoms with Gasteiger partial charge >= 0.3 is 0 Å². The lowest BCUT2D eigenvalue weighted by Crippen LogP contribution is -2.28. The molecule has 29 heavy (non-hydrogen) atoms. The molecule has 0 spiro atoms. The topological polar surface area (TPSA) is 35.9 Å². The van der Waals surface area contributed by atoms with Gasteiger partial charge < -0.3 is 4.90 Å². The second-order valence-corrected chi connectivity index (χ2v) is 9.20. The fourth-order valence-electron chi connectivity index (χ4n) is 3.05. The van der Waals surface area contributed by atoms with Crippen LogP contribution in [0.3, 0.4) is 0 Å². The van der Waals surface area contributed by atoms with Gasteiger partial charge in [-0.15, -0.1) is 0 Å². The summed E-state index contributed by atoms with van der Waals surface area (Å²) in [4.78, 5) is 23.1. The number of aliphatic imine (C=N–C) groups is 1. The van der Waals surface area contributed by atoms with Gasteiger partial charge in [0.25, 0.3) is 5.91 Å². The highest BCUT2D eigenvalue weighted by molar-refractivity contribution is 8.18. The Hall–Kier alpha value is -2.15. The van der Waals surface area contributed by atoms with Crippen molar-refractivity contribution in [3.05, 3.63) is 75.1 Å². The Morgan fingerprint density at radius 1 is 1.10 bits per heavy atom. The van der Waals surface area contributed by atoms with Crippen molar-refractivity contribution in [2.24, 2.45) is 4.99 Å². The van der Waals surface area contributed by atoms with Crippen LogP contribution in [0.2, 0.25) is 5.02 Å². The van der Waals surface area contributed by atoms with E-state index in [1.807, 2.05) is 75.5 Å². The van der Waals surface area contributed by atoms with E-state index in [4.69, 9.17) is 11.6 Å². The minimum atomic E-state index is -0.00794. The van der Waals surface area contributed by atoms with Crippen LogP contribution in [0.5, 0.6) is 0 Å². The molecule has 2 heterocycles. The Morgan fingerprint density at radius 3 is 2.59 bits per heavy atom. The Bertz CT molecular complexity index is 1060. The summed E-state index contributed by atoms with van der Waals surface area (Å²) >= 11 is 9.21. The summed E-state index contributed by atoms with van der Waals surface area (Å²) < 4.78 is 0. The average molecular weight is 442 g/mol. The van der Waals surface area contributed by atoms with Gasteiger partial charge in [-0.3, -0.25) is 9.69 Å². The molecule has 2 aromatic carbocycles. The van der Waals surface area contributed by atoms with Crippen molar-refractivity contribution in [3.63, 3.8) is 0 Å². The van der Waals surface area contributed by atoms with Gasteiger partial charge in [-0.2, -0.15) is 0 Å². The molecule has 0 radical (unpaired) electrons. The van der Waals surface area contributed by atoms with Crippen molar-refractivity contribution in [3.8, 4) is 0 Å². The number of allylic oxidation sites excluding steroid dienone is 2. The van der Waals surface area contributed by atoms with Crippen LogP contribution in [0.25, 0.3) is 0 Å². The van der Waals surface area contributed by atoms with Gasteiger partial charge in [-0.1, -0.05) is 41.1 Å². The highest BCUT2D eigenvalue weighted by Crippen LogP contribution is 2.46. The molecule has 0 saturated carbocycles. The molecule has 0 unspecified atom stereocenters. The lowest BCUT2D eigenvalue weighted by Gasteiger charge is -2.13. The third-order valence-electron chi connectivity index (χ3n) is 4.67. The molecule has 0 N–H and O–H groups in total. The number of likely N-dealkylation sites (N-methyl/N-ethyl adjacent to an activating group) is 1. The second kappa shape index (κ2) is 8.30. The maximum atomic E-state index is 12.8. The first-order valence-corrected chi connectivity index (χ1v) is 11.3. The Kier molecular flexibility index (Phi) is 5.76. The van der Waals surface area contributed by atoms with Crippen LogP contribution in [0.1, 0.15) is 12.5 Å². The lowest BCUT2D eigenvalue weighted by atomic mass is 10.2. The molecule has 1 fully saturated rings. The second-order valence-electron chi connectivity index (χ2n) is 6.69. The van der Waals surface area contributed by atoms with Crippen molar-refractivity contribution in [1.82, 2.24) is 4.90 Å². The SMILES string of the molecule is CCN1C(=O)/C(=C/C=C2/Sc3ccc(Cl)cc3N2C)SC1=Nc1ccc(C)cc1. The number of hydrogen-bond acceptors (Lipinski definition) is 5. The Balaban J connectivity index is 1.59. The van der Waals surface area contributed by atoms with Crippen molar-refractivity contribution in [1.29, 1.82) is 0 Å². The smallest absolute Gasteiger partial charge is 0.266 e. The number of rotatable bonds is 3. The number of fused-ring (bicyclic) bond motifs is 1. The summed E-state index contributed by atoms with van der Waals surface area (Å²) in [7, 11) is 2.01. The first kappa shape index (κ1) is 20.1. The number of halogens is 1. The maximum Gasteiger partial charge on any atom is 0.266 e. The normalized spacial score (nSPS) is 20.4. The van der Waals surface area contributed by atoms with Crippen LogP contribution >= 0.6 is 35.1 Å². The van der Waals surface area contributed by atoms with Crippen molar-refractivity contribution in [2.45, 2.75) is 18.7 Å². The number of hydrogen-bond donors (Lipinski definition) is 0. The van der Waals surface area contributed by atoms with Crippen molar-refractivity contribution < 1.29 is 4.79 Å². The Labute approximate surface area is 184 Å². The van der Waals surface area contributed by atoms with Gasteiger partial charge in [-0.25, -0.2) is 4.99 Å². The van der Waals surface area contributed by atoms with E-state index in [2.05, 4.69) is 9.89 Å². The molecule has 0 aromatic heterocycles. The molecule has 4 nitrogen and oxygen atoms in total. The van der Waals surface area contributed by atoms with E-state index < -0.39 is 0 Å². The average Bonchev–Trinajstić information content (AvgIpc) is 3.18. The molecular weight excluding hydrogens is 422 g/mol. The summed E-state index contributed by atoms with van der Waals surface area (Å²) in [6, 6.07) is 13.9. The number of benzene rings is 2. The molecule has 7 heteroatoms. The molecule has 2 aliphatic heterocycles. The van der Waals surface area contributed by atoms with Gasteiger partial charge in [0.2, 0.25) is 0 Å². The van der Waals surface area contributed by atoms with E-state index in [1.54, 1.807) is 16.7 Å². The lowest BCUT2D eigenvalue weighted by molar-refractivity contribution is -0.122. The number of amides is 1. The summed E-state index contributed by atoms with van der Waals surface area (Å²) in [5.41, 5.74) is 3.11. The van der Waals surface area contributed by atoms with E-state index in [0.29, 0.717) is 21.6 Å². The number of amidine groups is 1. The van der Waals surface area contributed by atoms with Crippen LogP contribution in [0, 0.1) is 6.92 Å². The zero-order valence-electron chi connectivity index (χ0n) is 16.3. The largest absolute Gasteiger partial charge is 0.338 e. The zero-order valence-corrected chi connectivity index (χ0v) is 18.7. The summed E-state index contributed by atoms with van der Waals surface area (Å²) in [6.45, 7) is 4.59. The number of anilines is 1. The van der Waals surface area contributed by atoms with Gasteiger partial charge in [0, 0.05) is 23.5 Å². The summed E-state index contributed by atoms with van der Waals surface area (Å²) in [5, 5.41) is 2.48. The molecule has 1 saturated heterocycles. The molecule has 148 valence electrons. The molecule has 0 atom stereocenters. The minimum Gasteiger partial charge on any atom is -0.338 e. The van der Waals surface area contributed by atoms with E-state index >= 15 is 0 Å². The van der Waals surface area contributed by atoms with E-state index in [1.165, 1.54) is 17.3 Å². The fraction of sp³-hybridized carbons (Fsp3) is 0.182. The standard InChI is InChI=1S/C22H20ClN3OS2/c1-4-26-21(27)19(29-22(26)24-16-8-5-14(2)6-9-16)11-12-20-25(3)17-13-15(23)7-10-18(17)28-20/h5-13H,4H2,1-3H3/b19-11-,20-12+,24-22?. The molecule has 1 amide bonds. The van der Waals surface area contributed by atoms with E-state index in [0.717, 1.165) is 21.3 Å². The third-order valence-corrected chi connectivity index (χ3v) is 7.11. The molecule has 0 aliphatic carbocycles. The van der Waals surface area contributed by atoms with E-state index in [-0.39, 0.29) is 5.91 Å². The number of aryl methyl sites for hydroxylation is 1. The Morgan fingerprint density at radius 2 is 1.86 bits per heavy atom. The molecule has 4 rings (SSSR count). The molecular formula is C22H20ClN3OS2. The van der Waals surface area contributed by atoms with Gasteiger partial charge in [-0.05, 0) is 68.1 Å². The van der Waals surface area contributed by atoms with E-state index in [9.17, 15) is 4.79 Å². The number of carbonyl (C=O) groups is 1. The molecule has 2 aliphatic rings. The van der Waals surface area contributed by atoms with Gasteiger partial charge in [0.1, 0.15) is 0 Å². The number of thioether (sulfide) groups is 2. The van der Waals surface area contributed by atoms with Gasteiger partial charge in [0.05, 0.1) is 21.3 Å². The van der Waals surface area contributed by atoms with Crippen LogP contribution in [-0.2, 0) is 4.79 Å². The first-order chi connectivity index (χ1) is 14.0. The third kappa shape index (κ3) is 4.10. The highest BCUT2D eigenvalue weighted by Gasteiger charge is 2.32. The van der Waals surface area contributed by atoms with Crippen LogP contribution in [0.15, 0.2) is 74.4 Å². The first-order valence-electron chi connectivity index (χ1n) is 9.24. The molecule has 2 aromatic rings. The monoisotopic (exact) mass is 441 g/mol. The fourth-order valence-corrected chi connectivity index (χ4v) is 5.25. The molecule has 0 bridgehead atoms. The quantitative estimate of drug-likeness (QED) is 0.531. The van der Waals surface area contributed by atoms with Crippen LogP contribution in [0.4, 0.5) is 11.4 Å². The maximum absolute atomic E-state index is 12.8. The summed E-state index contributed by atoms with van der Waals surface area (Å²) in [6.07, 6.45) is 3.88.